The molecule has 2 aromatic heterocycles. The van der Waals surface area contributed by atoms with Crippen LogP contribution < -0.4 is 11.5 Å². The van der Waals surface area contributed by atoms with Crippen LogP contribution in [0.2, 0.25) is 0 Å². The fraction of sp³-hybridized carbons (Fsp3) is 0.0769. The van der Waals surface area contributed by atoms with E-state index in [0.717, 1.165) is 27.9 Å². The molecule has 0 bridgehead atoms. The molecule has 5 nitrogen and oxygen atoms in total. The third kappa shape index (κ3) is 1.57. The summed E-state index contributed by atoms with van der Waals surface area (Å²) in [6.07, 6.45) is 0. The lowest BCUT2D eigenvalue weighted by atomic mass is 10.0. The highest BCUT2D eigenvalue weighted by atomic mass is 16.5. The number of aromatic nitrogens is 2. The van der Waals surface area contributed by atoms with Crippen molar-refractivity contribution in [3.8, 4) is 11.1 Å². The predicted octanol–water partition coefficient (Wildman–Crippen LogP) is 2.36. The van der Waals surface area contributed by atoms with Gasteiger partial charge in [-0.3, -0.25) is 0 Å². The molecule has 2 heterocycles. The first-order valence-corrected chi connectivity index (χ1v) is 5.53. The van der Waals surface area contributed by atoms with Crippen molar-refractivity contribution in [3.05, 3.63) is 36.0 Å². The van der Waals surface area contributed by atoms with Gasteiger partial charge in [0.15, 0.2) is 5.82 Å². The Bertz CT molecular complexity index is 716. The van der Waals surface area contributed by atoms with Crippen LogP contribution in [0.15, 0.2) is 34.9 Å². The summed E-state index contributed by atoms with van der Waals surface area (Å²) in [7, 11) is 0. The zero-order valence-electron chi connectivity index (χ0n) is 9.84. The standard InChI is InChI=1S/C13H12N4O/c1-7-6-10(8-2-4-9(14)5-3-8)11-12(15)17-18-13(11)16-7/h2-6H,14H2,1H3,(H2,15,17). The molecule has 0 saturated carbocycles. The number of hydrogen-bond donors (Lipinski definition) is 2. The van der Waals surface area contributed by atoms with Crippen molar-refractivity contribution >= 4 is 22.6 Å². The second-order valence-corrected chi connectivity index (χ2v) is 4.18. The Kier molecular flexibility index (Phi) is 2.19. The summed E-state index contributed by atoms with van der Waals surface area (Å²) in [6.45, 7) is 1.90. The highest BCUT2D eigenvalue weighted by Gasteiger charge is 2.13. The lowest BCUT2D eigenvalue weighted by molar-refractivity contribution is 0.452. The Morgan fingerprint density at radius 2 is 1.83 bits per heavy atom. The summed E-state index contributed by atoms with van der Waals surface area (Å²) < 4.78 is 5.10. The van der Waals surface area contributed by atoms with Crippen LogP contribution in [0.3, 0.4) is 0 Å². The molecule has 18 heavy (non-hydrogen) atoms. The van der Waals surface area contributed by atoms with Gasteiger partial charge in [0.2, 0.25) is 0 Å². The van der Waals surface area contributed by atoms with E-state index in [-0.39, 0.29) is 0 Å². The van der Waals surface area contributed by atoms with Gasteiger partial charge >= 0.3 is 0 Å². The van der Waals surface area contributed by atoms with Crippen molar-refractivity contribution in [2.24, 2.45) is 0 Å². The summed E-state index contributed by atoms with van der Waals surface area (Å²) in [5.74, 6) is 0.351. The second-order valence-electron chi connectivity index (χ2n) is 4.18. The molecule has 0 aliphatic rings. The fourth-order valence-electron chi connectivity index (χ4n) is 1.99. The largest absolute Gasteiger partial charge is 0.399 e. The minimum atomic E-state index is 0.351. The van der Waals surface area contributed by atoms with Gasteiger partial charge in [-0.05, 0) is 30.7 Å². The van der Waals surface area contributed by atoms with Gasteiger partial charge in [-0.25, -0.2) is 4.98 Å². The summed E-state index contributed by atoms with van der Waals surface area (Å²) in [4.78, 5) is 4.27. The number of hydrogen-bond acceptors (Lipinski definition) is 5. The van der Waals surface area contributed by atoms with E-state index in [0.29, 0.717) is 11.5 Å². The maximum atomic E-state index is 5.82. The summed E-state index contributed by atoms with van der Waals surface area (Å²) in [6, 6.07) is 9.54. The lowest BCUT2D eigenvalue weighted by Gasteiger charge is -2.05. The first-order valence-electron chi connectivity index (χ1n) is 5.53. The molecule has 0 saturated heterocycles. The summed E-state index contributed by atoms with van der Waals surface area (Å²) >= 11 is 0. The van der Waals surface area contributed by atoms with Crippen molar-refractivity contribution < 1.29 is 4.52 Å². The Labute approximate surface area is 103 Å². The van der Waals surface area contributed by atoms with Crippen LogP contribution in [0, 0.1) is 6.92 Å². The topological polar surface area (TPSA) is 91.0 Å². The van der Waals surface area contributed by atoms with Gasteiger partial charge in [-0.15, -0.1) is 0 Å². The summed E-state index contributed by atoms with van der Waals surface area (Å²) in [5, 5.41) is 4.50. The fourth-order valence-corrected chi connectivity index (χ4v) is 1.99. The molecular formula is C13H12N4O. The molecule has 0 atom stereocenters. The molecule has 0 radical (unpaired) electrons. The summed E-state index contributed by atoms with van der Waals surface area (Å²) in [5.41, 5.74) is 15.5. The zero-order chi connectivity index (χ0) is 12.7. The molecule has 0 unspecified atom stereocenters. The van der Waals surface area contributed by atoms with Gasteiger partial charge in [0.25, 0.3) is 5.71 Å². The first-order chi connectivity index (χ1) is 8.65. The van der Waals surface area contributed by atoms with E-state index >= 15 is 0 Å². The maximum absolute atomic E-state index is 5.82. The molecule has 4 N–H and O–H groups in total. The third-order valence-electron chi connectivity index (χ3n) is 2.82. The quantitative estimate of drug-likeness (QED) is 0.637. The van der Waals surface area contributed by atoms with Crippen LogP contribution in [-0.2, 0) is 0 Å². The van der Waals surface area contributed by atoms with Gasteiger partial charge in [0.05, 0.1) is 5.39 Å². The van der Waals surface area contributed by atoms with E-state index in [2.05, 4.69) is 10.1 Å². The van der Waals surface area contributed by atoms with Crippen LogP contribution >= 0.6 is 0 Å². The molecule has 0 amide bonds. The Morgan fingerprint density at radius 1 is 1.11 bits per heavy atom. The first kappa shape index (κ1) is 10.6. The smallest absolute Gasteiger partial charge is 0.260 e. The number of nitrogens with zero attached hydrogens (tertiary/aromatic N) is 2. The van der Waals surface area contributed by atoms with E-state index in [1.54, 1.807) is 0 Å². The maximum Gasteiger partial charge on any atom is 0.260 e. The predicted molar refractivity (Wildman–Crippen MR) is 70.8 cm³/mol. The van der Waals surface area contributed by atoms with Gasteiger partial charge in [-0.2, -0.15) is 0 Å². The van der Waals surface area contributed by atoms with Gasteiger partial charge in [-0.1, -0.05) is 17.3 Å². The van der Waals surface area contributed by atoms with Crippen molar-refractivity contribution in [1.82, 2.24) is 10.1 Å². The average Bonchev–Trinajstić information content (AvgIpc) is 2.71. The molecule has 0 spiro atoms. The molecule has 90 valence electrons. The van der Waals surface area contributed by atoms with Crippen molar-refractivity contribution in [3.63, 3.8) is 0 Å². The molecule has 0 fully saturated rings. The highest BCUT2D eigenvalue weighted by molar-refractivity contribution is 5.99. The minimum absolute atomic E-state index is 0.351. The minimum Gasteiger partial charge on any atom is -0.399 e. The molecule has 3 rings (SSSR count). The number of rotatable bonds is 1. The van der Waals surface area contributed by atoms with Gasteiger partial charge in [0, 0.05) is 16.9 Å². The van der Waals surface area contributed by atoms with Crippen LogP contribution in [-0.4, -0.2) is 10.1 Å². The number of anilines is 2. The van der Waals surface area contributed by atoms with Crippen LogP contribution in [0.5, 0.6) is 0 Å². The average molecular weight is 240 g/mol. The third-order valence-corrected chi connectivity index (χ3v) is 2.82. The molecule has 0 aliphatic carbocycles. The normalized spacial score (nSPS) is 10.9. The molecule has 3 aromatic rings. The molecule has 0 aliphatic heterocycles. The van der Waals surface area contributed by atoms with Crippen LogP contribution in [0.4, 0.5) is 11.5 Å². The molecule has 5 heteroatoms. The van der Waals surface area contributed by atoms with E-state index in [9.17, 15) is 0 Å². The van der Waals surface area contributed by atoms with Crippen molar-refractivity contribution in [2.75, 3.05) is 11.5 Å². The SMILES string of the molecule is Cc1cc(-c2ccc(N)cc2)c2c(N)noc2n1. The van der Waals surface area contributed by atoms with Crippen LogP contribution in [0.25, 0.3) is 22.2 Å². The number of fused-ring (bicyclic) bond motifs is 1. The number of aryl methyl sites for hydroxylation is 1. The van der Waals surface area contributed by atoms with Crippen molar-refractivity contribution in [1.29, 1.82) is 0 Å². The number of benzene rings is 1. The van der Waals surface area contributed by atoms with E-state index in [1.807, 2.05) is 37.3 Å². The zero-order valence-corrected chi connectivity index (χ0v) is 9.84. The molecule has 1 aromatic carbocycles. The number of nitrogens with two attached hydrogens (primary N) is 2. The van der Waals surface area contributed by atoms with Crippen molar-refractivity contribution in [2.45, 2.75) is 6.92 Å². The Balaban J connectivity index is 2.33. The number of nitrogen functional groups attached to an aromatic ring is 2. The van der Waals surface area contributed by atoms with E-state index in [4.69, 9.17) is 16.0 Å². The molecular weight excluding hydrogens is 228 g/mol. The van der Waals surface area contributed by atoms with E-state index in [1.165, 1.54) is 0 Å². The monoisotopic (exact) mass is 240 g/mol. The highest BCUT2D eigenvalue weighted by Crippen LogP contribution is 2.32. The Morgan fingerprint density at radius 3 is 2.56 bits per heavy atom. The second kappa shape index (κ2) is 3.73. The van der Waals surface area contributed by atoms with E-state index < -0.39 is 0 Å². The van der Waals surface area contributed by atoms with Gasteiger partial charge < -0.3 is 16.0 Å². The van der Waals surface area contributed by atoms with Crippen LogP contribution in [0.1, 0.15) is 5.69 Å². The van der Waals surface area contributed by atoms with Gasteiger partial charge in [0.1, 0.15) is 0 Å². The Hall–Kier alpha value is -2.56. The lowest BCUT2D eigenvalue weighted by Crippen LogP contribution is -1.90. The number of pyridine rings is 1.